The molecule has 6 heteroatoms. The minimum atomic E-state index is 0.115. The van der Waals surface area contributed by atoms with Crippen molar-refractivity contribution in [2.45, 2.75) is 25.3 Å². The Morgan fingerprint density at radius 1 is 1.12 bits per heavy atom. The first-order valence-corrected chi connectivity index (χ1v) is 11.5. The maximum atomic E-state index is 12.4. The van der Waals surface area contributed by atoms with E-state index >= 15 is 0 Å². The number of carbonyl (C=O) groups is 1. The van der Waals surface area contributed by atoms with Crippen molar-refractivity contribution in [3.63, 3.8) is 0 Å². The van der Waals surface area contributed by atoms with E-state index in [2.05, 4.69) is 32.4 Å². The molecule has 0 amide bonds. The molecule has 0 radical (unpaired) electrons. The van der Waals surface area contributed by atoms with E-state index < -0.39 is 0 Å². The van der Waals surface area contributed by atoms with E-state index in [0.29, 0.717) is 6.42 Å². The molecule has 1 aliphatic rings. The summed E-state index contributed by atoms with van der Waals surface area (Å²) in [7, 11) is 0. The molecule has 1 saturated heterocycles. The van der Waals surface area contributed by atoms with E-state index in [1.807, 2.05) is 60.7 Å². The first-order valence-electron chi connectivity index (χ1n) is 10.7. The highest BCUT2D eigenvalue weighted by Gasteiger charge is 2.12. The largest absolute Gasteiger partial charge is 0.339 e. The molecule has 3 heterocycles. The first kappa shape index (κ1) is 20.4. The van der Waals surface area contributed by atoms with Crippen LogP contribution in [0.5, 0.6) is 0 Å². The molecule has 0 bridgehead atoms. The van der Waals surface area contributed by atoms with Gasteiger partial charge in [-0.1, -0.05) is 54.3 Å². The van der Waals surface area contributed by atoms with E-state index in [9.17, 15) is 4.79 Å². The lowest BCUT2D eigenvalue weighted by Crippen LogP contribution is -2.18. The van der Waals surface area contributed by atoms with Crippen LogP contribution >= 0.6 is 11.3 Å². The second kappa shape index (κ2) is 9.31. The zero-order valence-corrected chi connectivity index (χ0v) is 18.3. The number of hydrogen-bond donors (Lipinski definition) is 2. The van der Waals surface area contributed by atoms with E-state index in [1.54, 1.807) is 17.7 Å². The second-order valence-electron chi connectivity index (χ2n) is 7.75. The fourth-order valence-electron chi connectivity index (χ4n) is 3.73. The molecule has 2 aromatic carbocycles. The number of ketones is 1. The van der Waals surface area contributed by atoms with Crippen LogP contribution in [0, 0.1) is 11.8 Å². The molecule has 2 N–H and O–H groups in total. The monoisotopic (exact) mass is 438 g/mol. The van der Waals surface area contributed by atoms with Crippen molar-refractivity contribution >= 4 is 38.8 Å². The standard InChI is InChI=1S/C26H22N4OS/c31-24(19-5-2-1-3-6-19)15-18-8-10-21(11-9-18)30-26-25-23(28-17-29-26)16-22(32-25)13-12-20-7-4-14-27-20/h1-3,5-6,8-11,16-17,20,27H,4,7,14-15H2,(H,28,29,30). The van der Waals surface area contributed by atoms with Crippen LogP contribution in [0.15, 0.2) is 67.0 Å². The molecule has 0 spiro atoms. The second-order valence-corrected chi connectivity index (χ2v) is 8.81. The molecule has 1 aliphatic heterocycles. The summed E-state index contributed by atoms with van der Waals surface area (Å²) in [6.45, 7) is 1.05. The average molecular weight is 439 g/mol. The third-order valence-corrected chi connectivity index (χ3v) is 6.46. The number of nitrogens with zero attached hydrogens (tertiary/aromatic N) is 2. The zero-order chi connectivity index (χ0) is 21.8. The summed E-state index contributed by atoms with van der Waals surface area (Å²) < 4.78 is 0.986. The summed E-state index contributed by atoms with van der Waals surface area (Å²) in [6, 6.07) is 19.6. The quantitative estimate of drug-likeness (QED) is 0.340. The summed E-state index contributed by atoms with van der Waals surface area (Å²) >= 11 is 1.60. The number of nitrogens with one attached hydrogen (secondary N) is 2. The molecule has 5 nitrogen and oxygen atoms in total. The van der Waals surface area contributed by atoms with Crippen LogP contribution in [0.25, 0.3) is 10.2 Å². The van der Waals surface area contributed by atoms with Crippen molar-refractivity contribution in [3.8, 4) is 11.8 Å². The third-order valence-electron chi connectivity index (χ3n) is 5.42. The Kier molecular flexibility index (Phi) is 5.93. The molecule has 1 fully saturated rings. The molecule has 0 saturated carbocycles. The number of thiophene rings is 1. The van der Waals surface area contributed by atoms with E-state index in [0.717, 1.165) is 50.7 Å². The van der Waals surface area contributed by atoms with Gasteiger partial charge < -0.3 is 10.6 Å². The topological polar surface area (TPSA) is 66.9 Å². The Hall–Kier alpha value is -3.53. The summed E-state index contributed by atoms with van der Waals surface area (Å²) in [4.78, 5) is 22.3. The average Bonchev–Trinajstić information content (AvgIpc) is 3.50. The van der Waals surface area contributed by atoms with Crippen LogP contribution in [0.4, 0.5) is 11.5 Å². The van der Waals surface area contributed by atoms with Gasteiger partial charge in [0.15, 0.2) is 11.6 Å². The molecule has 0 aliphatic carbocycles. The highest BCUT2D eigenvalue weighted by molar-refractivity contribution is 7.20. The predicted octanol–water partition coefficient (Wildman–Crippen LogP) is 4.96. The molecule has 32 heavy (non-hydrogen) atoms. The number of rotatable bonds is 5. The van der Waals surface area contributed by atoms with Crippen molar-refractivity contribution in [1.29, 1.82) is 0 Å². The minimum Gasteiger partial charge on any atom is -0.339 e. The van der Waals surface area contributed by atoms with Crippen LogP contribution in [-0.2, 0) is 6.42 Å². The molecule has 4 aromatic rings. The highest BCUT2D eigenvalue weighted by atomic mass is 32.1. The van der Waals surface area contributed by atoms with Gasteiger partial charge in [-0.25, -0.2) is 9.97 Å². The van der Waals surface area contributed by atoms with Crippen molar-refractivity contribution in [3.05, 3.63) is 83.0 Å². The van der Waals surface area contributed by atoms with Gasteiger partial charge in [0, 0.05) is 17.7 Å². The summed E-state index contributed by atoms with van der Waals surface area (Å²) in [5.41, 5.74) is 3.52. The smallest absolute Gasteiger partial charge is 0.167 e. The number of carbonyl (C=O) groups excluding carboxylic acids is 1. The summed E-state index contributed by atoms with van der Waals surface area (Å²) in [5, 5.41) is 6.78. The molecule has 5 rings (SSSR count). The lowest BCUT2D eigenvalue weighted by Gasteiger charge is -2.07. The first-order chi connectivity index (χ1) is 15.7. The van der Waals surface area contributed by atoms with Gasteiger partial charge in [-0.05, 0) is 43.1 Å². The van der Waals surface area contributed by atoms with Crippen LogP contribution in [0.1, 0.15) is 33.6 Å². The fraction of sp³-hybridized carbons (Fsp3) is 0.192. The van der Waals surface area contributed by atoms with Gasteiger partial charge in [-0.15, -0.1) is 11.3 Å². The number of aromatic nitrogens is 2. The third kappa shape index (κ3) is 4.70. The Morgan fingerprint density at radius 3 is 2.75 bits per heavy atom. The Labute approximate surface area is 190 Å². The van der Waals surface area contributed by atoms with Crippen LogP contribution in [0.2, 0.25) is 0 Å². The lowest BCUT2D eigenvalue weighted by atomic mass is 10.0. The predicted molar refractivity (Wildman–Crippen MR) is 130 cm³/mol. The molecular weight excluding hydrogens is 416 g/mol. The number of hydrogen-bond acceptors (Lipinski definition) is 6. The molecule has 158 valence electrons. The molecule has 1 unspecified atom stereocenters. The Morgan fingerprint density at radius 2 is 1.97 bits per heavy atom. The maximum Gasteiger partial charge on any atom is 0.167 e. The number of fused-ring (bicyclic) bond motifs is 1. The SMILES string of the molecule is O=C(Cc1ccc(Nc2ncnc3cc(C#CC4CCCN4)sc23)cc1)c1ccccc1. The zero-order valence-electron chi connectivity index (χ0n) is 17.5. The minimum absolute atomic E-state index is 0.115. The van der Waals surface area contributed by atoms with Gasteiger partial charge in [-0.3, -0.25) is 4.79 Å². The van der Waals surface area contributed by atoms with Crippen LogP contribution < -0.4 is 10.6 Å². The normalized spacial score (nSPS) is 15.3. The van der Waals surface area contributed by atoms with Gasteiger partial charge >= 0.3 is 0 Å². The highest BCUT2D eigenvalue weighted by Crippen LogP contribution is 2.30. The van der Waals surface area contributed by atoms with Gasteiger partial charge in [0.25, 0.3) is 0 Å². The van der Waals surface area contributed by atoms with Crippen molar-refractivity contribution in [2.75, 3.05) is 11.9 Å². The molecule has 2 aromatic heterocycles. The maximum absolute atomic E-state index is 12.4. The van der Waals surface area contributed by atoms with Crippen LogP contribution in [-0.4, -0.2) is 28.3 Å². The lowest BCUT2D eigenvalue weighted by molar-refractivity contribution is 0.0993. The summed E-state index contributed by atoms with van der Waals surface area (Å²) in [6.07, 6.45) is 4.24. The van der Waals surface area contributed by atoms with Crippen molar-refractivity contribution in [2.24, 2.45) is 0 Å². The van der Waals surface area contributed by atoms with Crippen molar-refractivity contribution in [1.82, 2.24) is 15.3 Å². The van der Waals surface area contributed by atoms with Gasteiger partial charge in [0.05, 0.1) is 21.1 Å². The van der Waals surface area contributed by atoms with Gasteiger partial charge in [0.1, 0.15) is 6.33 Å². The fourth-order valence-corrected chi connectivity index (χ4v) is 4.64. The number of benzene rings is 2. The van der Waals surface area contributed by atoms with Gasteiger partial charge in [-0.2, -0.15) is 0 Å². The van der Waals surface area contributed by atoms with Crippen molar-refractivity contribution < 1.29 is 4.79 Å². The number of Topliss-reactive ketones (excluding diaryl/α,β-unsaturated/α-hetero) is 1. The van der Waals surface area contributed by atoms with Crippen LogP contribution in [0.3, 0.4) is 0 Å². The number of anilines is 2. The van der Waals surface area contributed by atoms with E-state index in [-0.39, 0.29) is 11.8 Å². The van der Waals surface area contributed by atoms with E-state index in [4.69, 9.17) is 0 Å². The summed E-state index contributed by atoms with van der Waals surface area (Å²) in [5.74, 6) is 7.48. The molecular formula is C26H22N4OS. The Bertz CT molecular complexity index is 1300. The van der Waals surface area contributed by atoms with Gasteiger partial charge in [0.2, 0.25) is 0 Å². The Balaban J connectivity index is 1.30. The molecule has 1 atom stereocenters. The van der Waals surface area contributed by atoms with E-state index in [1.165, 1.54) is 6.42 Å².